The smallest absolute Gasteiger partial charge is 0.337 e. The number of hydrogen-bond donors (Lipinski definition) is 2. The quantitative estimate of drug-likeness (QED) is 0.853. The Morgan fingerprint density at radius 2 is 2.00 bits per heavy atom. The average molecular weight is 246 g/mol. The van der Waals surface area contributed by atoms with Gasteiger partial charge in [0.1, 0.15) is 5.75 Å². The topological polar surface area (TPSA) is 66.8 Å². The van der Waals surface area contributed by atoms with E-state index in [4.69, 9.17) is 9.84 Å². The number of aliphatic hydroxyl groups is 1. The minimum atomic E-state index is -2.80. The van der Waals surface area contributed by atoms with Gasteiger partial charge in [0.25, 0.3) is 6.43 Å². The summed E-state index contributed by atoms with van der Waals surface area (Å²) in [6.07, 6.45) is -4.69. The summed E-state index contributed by atoms with van der Waals surface area (Å²) >= 11 is 0. The van der Waals surface area contributed by atoms with E-state index in [9.17, 15) is 18.7 Å². The van der Waals surface area contributed by atoms with Gasteiger partial charge < -0.3 is 14.9 Å². The number of hydrogen-bond acceptors (Lipinski definition) is 3. The van der Waals surface area contributed by atoms with Crippen LogP contribution >= 0.6 is 0 Å². The Morgan fingerprint density at radius 1 is 1.41 bits per heavy atom. The van der Waals surface area contributed by atoms with Gasteiger partial charge in [0, 0.05) is 5.56 Å². The number of carboxylic acid groups (broad SMARTS) is 1. The molecule has 0 aliphatic rings. The molecule has 0 saturated carbocycles. The van der Waals surface area contributed by atoms with Gasteiger partial charge in [-0.25, -0.2) is 13.6 Å². The number of carbonyl (C=O) groups is 1. The number of carboxylic acids is 1. The molecule has 0 heterocycles. The van der Waals surface area contributed by atoms with Crippen molar-refractivity contribution >= 4 is 5.97 Å². The van der Waals surface area contributed by atoms with Crippen LogP contribution in [0.5, 0.6) is 5.75 Å². The SMILES string of the molecule is COc1c(C(F)F)ccc(C)c1C(O)C(=O)O. The number of rotatable bonds is 4. The number of ether oxygens (including phenoxy) is 1. The monoisotopic (exact) mass is 246 g/mol. The van der Waals surface area contributed by atoms with Gasteiger partial charge in [0.2, 0.25) is 0 Å². The van der Waals surface area contributed by atoms with E-state index in [1.165, 1.54) is 13.0 Å². The van der Waals surface area contributed by atoms with Crippen LogP contribution in [-0.2, 0) is 4.79 Å². The van der Waals surface area contributed by atoms with Crippen molar-refractivity contribution in [3.8, 4) is 5.75 Å². The van der Waals surface area contributed by atoms with E-state index in [1.54, 1.807) is 0 Å². The fourth-order valence-electron chi connectivity index (χ4n) is 1.58. The van der Waals surface area contributed by atoms with Crippen molar-refractivity contribution in [2.75, 3.05) is 7.11 Å². The fraction of sp³-hybridized carbons (Fsp3) is 0.364. The van der Waals surface area contributed by atoms with Crippen molar-refractivity contribution < 1.29 is 28.5 Å². The van der Waals surface area contributed by atoms with Gasteiger partial charge in [0.05, 0.1) is 12.7 Å². The van der Waals surface area contributed by atoms with E-state index in [1.807, 2.05) is 0 Å². The molecule has 1 aromatic rings. The highest BCUT2D eigenvalue weighted by atomic mass is 19.3. The molecule has 17 heavy (non-hydrogen) atoms. The highest BCUT2D eigenvalue weighted by Crippen LogP contribution is 2.37. The predicted molar refractivity (Wildman–Crippen MR) is 55.3 cm³/mol. The molecular formula is C11H12F2O4. The van der Waals surface area contributed by atoms with E-state index in [0.29, 0.717) is 5.56 Å². The van der Waals surface area contributed by atoms with E-state index >= 15 is 0 Å². The summed E-state index contributed by atoms with van der Waals surface area (Å²) in [6.45, 7) is 1.51. The van der Waals surface area contributed by atoms with Gasteiger partial charge in [-0.1, -0.05) is 6.07 Å². The summed E-state index contributed by atoms with van der Waals surface area (Å²) in [5.74, 6) is -1.80. The van der Waals surface area contributed by atoms with Crippen molar-refractivity contribution in [1.29, 1.82) is 0 Å². The van der Waals surface area contributed by atoms with Crippen molar-refractivity contribution in [1.82, 2.24) is 0 Å². The molecule has 0 bridgehead atoms. The first kappa shape index (κ1) is 13.4. The molecule has 0 aliphatic heterocycles. The Morgan fingerprint density at radius 3 is 2.41 bits per heavy atom. The van der Waals surface area contributed by atoms with Crippen molar-refractivity contribution in [3.63, 3.8) is 0 Å². The van der Waals surface area contributed by atoms with Crippen LogP contribution in [0.15, 0.2) is 12.1 Å². The largest absolute Gasteiger partial charge is 0.496 e. The zero-order valence-electron chi connectivity index (χ0n) is 9.28. The minimum Gasteiger partial charge on any atom is -0.496 e. The van der Waals surface area contributed by atoms with Crippen molar-refractivity contribution in [2.45, 2.75) is 19.5 Å². The van der Waals surface area contributed by atoms with E-state index in [0.717, 1.165) is 13.2 Å². The Bertz CT molecular complexity index is 432. The number of alkyl halides is 2. The zero-order chi connectivity index (χ0) is 13.2. The number of methoxy groups -OCH3 is 1. The molecule has 0 aliphatic carbocycles. The van der Waals surface area contributed by atoms with Crippen molar-refractivity contribution in [2.24, 2.45) is 0 Å². The van der Waals surface area contributed by atoms with Crippen LogP contribution in [0.25, 0.3) is 0 Å². The Hall–Kier alpha value is -1.69. The maximum absolute atomic E-state index is 12.7. The van der Waals surface area contributed by atoms with Crippen LogP contribution in [-0.4, -0.2) is 23.3 Å². The lowest BCUT2D eigenvalue weighted by atomic mass is 9.98. The van der Waals surface area contributed by atoms with Crippen LogP contribution in [0.2, 0.25) is 0 Å². The minimum absolute atomic E-state index is 0.141. The Labute approximate surface area is 96.5 Å². The van der Waals surface area contributed by atoms with Gasteiger partial charge in [-0.05, 0) is 18.6 Å². The molecule has 0 spiro atoms. The second-order valence-electron chi connectivity index (χ2n) is 3.46. The summed E-state index contributed by atoms with van der Waals surface area (Å²) in [4.78, 5) is 10.7. The van der Waals surface area contributed by atoms with Gasteiger partial charge in [-0.3, -0.25) is 0 Å². The predicted octanol–water partition coefficient (Wildman–Crippen LogP) is 2.06. The summed E-state index contributed by atoms with van der Waals surface area (Å²) in [6, 6.07) is 2.47. The third-order valence-electron chi connectivity index (χ3n) is 2.39. The number of benzene rings is 1. The first-order valence-corrected chi connectivity index (χ1v) is 4.76. The van der Waals surface area contributed by atoms with Crippen LogP contribution in [0.4, 0.5) is 8.78 Å². The normalized spacial score (nSPS) is 12.6. The lowest BCUT2D eigenvalue weighted by Gasteiger charge is -2.17. The molecule has 1 rings (SSSR count). The first-order chi connectivity index (χ1) is 7.90. The molecule has 1 aromatic carbocycles. The fourth-order valence-corrected chi connectivity index (χ4v) is 1.58. The number of halogens is 2. The molecule has 2 N–H and O–H groups in total. The Kier molecular flexibility index (Phi) is 4.01. The molecule has 4 nitrogen and oxygen atoms in total. The van der Waals surface area contributed by atoms with Crippen LogP contribution in [0, 0.1) is 6.92 Å². The van der Waals surface area contributed by atoms with E-state index in [2.05, 4.69) is 0 Å². The number of aliphatic carboxylic acids is 1. The van der Waals surface area contributed by atoms with Crippen LogP contribution in [0.1, 0.15) is 29.2 Å². The molecule has 0 amide bonds. The van der Waals surface area contributed by atoms with Gasteiger partial charge in [-0.2, -0.15) is 0 Å². The average Bonchev–Trinajstić information content (AvgIpc) is 2.26. The summed E-state index contributed by atoms with van der Waals surface area (Å²) in [5.41, 5.74) is -0.202. The van der Waals surface area contributed by atoms with Gasteiger partial charge >= 0.3 is 5.97 Å². The lowest BCUT2D eigenvalue weighted by molar-refractivity contribution is -0.147. The second kappa shape index (κ2) is 5.09. The number of aryl methyl sites for hydroxylation is 1. The molecule has 0 aromatic heterocycles. The summed E-state index contributed by atoms with van der Waals surface area (Å²) < 4.78 is 30.1. The standard InChI is InChI=1S/C11H12F2O4/c1-5-3-4-6(10(12)13)9(17-2)7(5)8(14)11(15)16/h3-4,8,10,14H,1-2H3,(H,15,16). The third-order valence-corrected chi connectivity index (χ3v) is 2.39. The molecule has 1 unspecified atom stereocenters. The molecular weight excluding hydrogens is 234 g/mol. The van der Waals surface area contributed by atoms with Gasteiger partial charge in [0.15, 0.2) is 6.10 Å². The van der Waals surface area contributed by atoms with E-state index < -0.39 is 24.1 Å². The summed E-state index contributed by atoms with van der Waals surface area (Å²) in [5, 5.41) is 18.2. The highest BCUT2D eigenvalue weighted by molar-refractivity contribution is 5.76. The molecule has 6 heteroatoms. The third kappa shape index (κ3) is 2.52. The lowest BCUT2D eigenvalue weighted by Crippen LogP contribution is -2.14. The van der Waals surface area contributed by atoms with Crippen molar-refractivity contribution in [3.05, 3.63) is 28.8 Å². The van der Waals surface area contributed by atoms with Gasteiger partial charge in [-0.15, -0.1) is 0 Å². The zero-order valence-corrected chi connectivity index (χ0v) is 9.28. The Balaban J connectivity index is 3.45. The number of aliphatic hydroxyl groups excluding tert-OH is 1. The van der Waals surface area contributed by atoms with E-state index in [-0.39, 0.29) is 11.3 Å². The molecule has 94 valence electrons. The highest BCUT2D eigenvalue weighted by Gasteiger charge is 2.27. The van der Waals surface area contributed by atoms with Crippen LogP contribution in [0.3, 0.4) is 0 Å². The second-order valence-corrected chi connectivity index (χ2v) is 3.46. The molecule has 0 radical (unpaired) electrons. The first-order valence-electron chi connectivity index (χ1n) is 4.76. The summed E-state index contributed by atoms with van der Waals surface area (Å²) in [7, 11) is 1.15. The molecule has 1 atom stereocenters. The maximum atomic E-state index is 12.7. The molecule has 0 fully saturated rings. The van der Waals surface area contributed by atoms with Crippen LogP contribution < -0.4 is 4.74 Å². The maximum Gasteiger partial charge on any atom is 0.337 e. The molecule has 0 saturated heterocycles.